The monoisotopic (exact) mass is 511 g/mol. The van der Waals surface area contributed by atoms with Crippen LogP contribution >= 0.6 is 0 Å². The quantitative estimate of drug-likeness (QED) is 0.270. The molecule has 1 heterocycles. The molecule has 0 spiro atoms. The third-order valence-electron chi connectivity index (χ3n) is 6.14. The molecule has 0 saturated carbocycles. The van der Waals surface area contributed by atoms with E-state index in [9.17, 15) is 14.4 Å². The molecule has 0 saturated heterocycles. The van der Waals surface area contributed by atoms with Gasteiger partial charge in [-0.3, -0.25) is 9.59 Å². The van der Waals surface area contributed by atoms with Crippen molar-refractivity contribution in [3.05, 3.63) is 94.5 Å². The summed E-state index contributed by atoms with van der Waals surface area (Å²) < 4.78 is 0. The van der Waals surface area contributed by atoms with Crippen LogP contribution in [0.4, 0.5) is 10.5 Å². The summed E-state index contributed by atoms with van der Waals surface area (Å²) in [6.45, 7) is 7.84. The smallest absolute Gasteiger partial charge is 0.319 e. The summed E-state index contributed by atoms with van der Waals surface area (Å²) >= 11 is 0. The lowest BCUT2D eigenvalue weighted by Gasteiger charge is -2.23. The van der Waals surface area contributed by atoms with Crippen LogP contribution < -0.4 is 16.4 Å². The number of Topliss-reactive ketones (excluding diaryl/α,β-unsaturated/α-hetero) is 1. The predicted molar refractivity (Wildman–Crippen MR) is 144 cm³/mol. The molecule has 0 radical (unpaired) electrons. The van der Waals surface area contributed by atoms with Gasteiger partial charge in [0.25, 0.3) is 0 Å². The lowest BCUT2D eigenvalue weighted by molar-refractivity contribution is 0.0996. The lowest BCUT2D eigenvalue weighted by atomic mass is 9.85. The summed E-state index contributed by atoms with van der Waals surface area (Å²) in [4.78, 5) is 37.0. The Kier molecular flexibility index (Phi) is 7.33. The molecule has 0 aliphatic carbocycles. The standard InChI is InChI=1S/C28H29N7O3/c1-16(36)18-6-5-7-21(14-18)30-27(38)31-24(17-8-11-20(12-9-17)28(2,3)4)19-10-13-22(25(29)37)23(15-19)26-32-34-35-33-26/h5-15,24H,1-4H3,(H2,29,37)(H2,30,31,38)(H,32,33,34,35). The fourth-order valence-electron chi connectivity index (χ4n) is 4.07. The first-order chi connectivity index (χ1) is 18.0. The number of ketones is 1. The highest BCUT2D eigenvalue weighted by Crippen LogP contribution is 2.30. The van der Waals surface area contributed by atoms with E-state index in [4.69, 9.17) is 5.73 Å². The van der Waals surface area contributed by atoms with Gasteiger partial charge in [0.2, 0.25) is 11.7 Å². The average molecular weight is 512 g/mol. The number of nitrogens with zero attached hydrogens (tertiary/aromatic N) is 3. The van der Waals surface area contributed by atoms with E-state index < -0.39 is 18.0 Å². The summed E-state index contributed by atoms with van der Waals surface area (Å²) in [5.41, 5.74) is 9.75. The Labute approximate surface area is 220 Å². The van der Waals surface area contributed by atoms with Gasteiger partial charge in [-0.25, -0.2) is 4.79 Å². The second-order valence-corrected chi connectivity index (χ2v) is 9.95. The van der Waals surface area contributed by atoms with E-state index >= 15 is 0 Å². The van der Waals surface area contributed by atoms with E-state index in [1.54, 1.807) is 42.5 Å². The Hall–Kier alpha value is -4.86. The molecule has 1 atom stereocenters. The van der Waals surface area contributed by atoms with Crippen molar-refractivity contribution in [2.75, 3.05) is 5.32 Å². The Morgan fingerprint density at radius 2 is 1.66 bits per heavy atom. The largest absolute Gasteiger partial charge is 0.366 e. The average Bonchev–Trinajstić information content (AvgIpc) is 3.42. The number of nitrogens with one attached hydrogen (secondary N) is 3. The second kappa shape index (κ2) is 10.6. The van der Waals surface area contributed by atoms with Crippen molar-refractivity contribution in [1.29, 1.82) is 0 Å². The molecule has 5 N–H and O–H groups in total. The molecule has 0 aliphatic rings. The van der Waals surface area contributed by atoms with E-state index in [0.29, 0.717) is 22.4 Å². The van der Waals surface area contributed by atoms with Crippen molar-refractivity contribution in [2.45, 2.75) is 39.2 Å². The van der Waals surface area contributed by atoms with Crippen molar-refractivity contribution in [3.8, 4) is 11.4 Å². The van der Waals surface area contributed by atoms with Crippen molar-refractivity contribution >= 4 is 23.4 Å². The minimum Gasteiger partial charge on any atom is -0.366 e. The number of primary amides is 1. The molecule has 3 amide bonds. The van der Waals surface area contributed by atoms with Crippen LogP contribution in [0.2, 0.25) is 0 Å². The number of urea groups is 1. The summed E-state index contributed by atoms with van der Waals surface area (Å²) in [7, 11) is 0. The van der Waals surface area contributed by atoms with Gasteiger partial charge in [0.05, 0.1) is 11.6 Å². The first-order valence-electron chi connectivity index (χ1n) is 12.0. The SMILES string of the molecule is CC(=O)c1cccc(NC(=O)NC(c2ccc(C(C)(C)C)cc2)c2ccc(C(N)=O)c(-c3nn[nH]n3)c2)c1. The van der Waals surface area contributed by atoms with Gasteiger partial charge < -0.3 is 16.4 Å². The number of H-pyrrole nitrogens is 1. The minimum absolute atomic E-state index is 0.0461. The van der Waals surface area contributed by atoms with Crippen molar-refractivity contribution in [1.82, 2.24) is 25.9 Å². The molecule has 1 unspecified atom stereocenters. The zero-order chi connectivity index (χ0) is 27.4. The van der Waals surface area contributed by atoms with Crippen LogP contribution in [0.25, 0.3) is 11.4 Å². The third-order valence-corrected chi connectivity index (χ3v) is 6.14. The molecule has 4 rings (SSSR count). The number of hydrogen-bond acceptors (Lipinski definition) is 6. The van der Waals surface area contributed by atoms with E-state index in [2.05, 4.69) is 52.0 Å². The van der Waals surface area contributed by atoms with Crippen LogP contribution in [0.1, 0.15) is 71.1 Å². The fraction of sp³-hybridized carbons (Fsp3) is 0.214. The first kappa shape index (κ1) is 26.2. The zero-order valence-electron chi connectivity index (χ0n) is 21.6. The number of anilines is 1. The van der Waals surface area contributed by atoms with Gasteiger partial charge in [-0.15, -0.1) is 10.2 Å². The molecular weight excluding hydrogens is 482 g/mol. The number of aromatic amines is 1. The molecule has 0 bridgehead atoms. The van der Waals surface area contributed by atoms with E-state index in [-0.39, 0.29) is 22.6 Å². The van der Waals surface area contributed by atoms with E-state index in [0.717, 1.165) is 11.1 Å². The molecule has 38 heavy (non-hydrogen) atoms. The molecule has 0 aliphatic heterocycles. The van der Waals surface area contributed by atoms with Gasteiger partial charge in [0, 0.05) is 16.8 Å². The first-order valence-corrected chi connectivity index (χ1v) is 12.0. The maximum atomic E-state index is 13.1. The molecule has 10 nitrogen and oxygen atoms in total. The van der Waals surface area contributed by atoms with Crippen LogP contribution in [0.5, 0.6) is 0 Å². The minimum atomic E-state index is -0.640. The van der Waals surface area contributed by atoms with Gasteiger partial charge in [-0.05, 0) is 58.5 Å². The number of rotatable bonds is 7. The number of amides is 3. The zero-order valence-corrected chi connectivity index (χ0v) is 21.6. The summed E-state index contributed by atoms with van der Waals surface area (Å²) in [5, 5.41) is 19.8. The molecule has 0 fully saturated rings. The molecule has 3 aromatic carbocycles. The normalized spacial score (nSPS) is 12.0. The Bertz CT molecular complexity index is 1470. The van der Waals surface area contributed by atoms with Crippen LogP contribution in [0, 0.1) is 0 Å². The van der Waals surface area contributed by atoms with Crippen LogP contribution in [-0.4, -0.2) is 38.3 Å². The van der Waals surface area contributed by atoms with Gasteiger partial charge >= 0.3 is 6.03 Å². The van der Waals surface area contributed by atoms with Gasteiger partial charge in [0.1, 0.15) is 0 Å². The number of hydrogen-bond donors (Lipinski definition) is 4. The van der Waals surface area contributed by atoms with Gasteiger partial charge in [0.15, 0.2) is 5.78 Å². The molecule has 10 heteroatoms. The second-order valence-electron chi connectivity index (χ2n) is 9.95. The van der Waals surface area contributed by atoms with Gasteiger partial charge in [-0.1, -0.05) is 63.2 Å². The maximum absolute atomic E-state index is 13.1. The Morgan fingerprint density at radius 3 is 2.26 bits per heavy atom. The molecule has 4 aromatic rings. The highest BCUT2D eigenvalue weighted by molar-refractivity contribution is 5.99. The van der Waals surface area contributed by atoms with E-state index in [1.165, 1.54) is 6.92 Å². The topological polar surface area (TPSA) is 156 Å². The summed E-state index contributed by atoms with van der Waals surface area (Å²) in [6, 6.07) is 18.6. The predicted octanol–water partition coefficient (Wildman–Crippen LogP) is 4.38. The number of nitrogens with two attached hydrogens (primary N) is 1. The Balaban J connectivity index is 1.73. The number of aromatic nitrogens is 4. The van der Waals surface area contributed by atoms with Gasteiger partial charge in [-0.2, -0.15) is 5.21 Å². The fourth-order valence-corrected chi connectivity index (χ4v) is 4.07. The summed E-state index contributed by atoms with van der Waals surface area (Å²) in [6.07, 6.45) is 0. The number of carbonyl (C=O) groups is 3. The third kappa shape index (κ3) is 5.92. The molecular formula is C28H29N7O3. The van der Waals surface area contributed by atoms with Crippen LogP contribution in [0.3, 0.4) is 0 Å². The highest BCUT2D eigenvalue weighted by Gasteiger charge is 2.22. The number of tetrazole rings is 1. The number of benzene rings is 3. The lowest BCUT2D eigenvalue weighted by Crippen LogP contribution is -2.33. The molecule has 194 valence electrons. The van der Waals surface area contributed by atoms with Crippen LogP contribution in [0.15, 0.2) is 66.7 Å². The summed E-state index contributed by atoms with van der Waals surface area (Å²) in [5.74, 6) is -0.541. The highest BCUT2D eigenvalue weighted by atomic mass is 16.2. The molecule has 1 aromatic heterocycles. The van der Waals surface area contributed by atoms with Crippen molar-refractivity contribution in [3.63, 3.8) is 0 Å². The van der Waals surface area contributed by atoms with E-state index in [1.807, 2.05) is 24.3 Å². The van der Waals surface area contributed by atoms with Crippen LogP contribution in [-0.2, 0) is 5.41 Å². The number of carbonyl (C=O) groups excluding carboxylic acids is 3. The Morgan fingerprint density at radius 1 is 0.947 bits per heavy atom. The van der Waals surface area contributed by atoms with Crippen molar-refractivity contribution in [2.24, 2.45) is 5.73 Å². The van der Waals surface area contributed by atoms with Crippen molar-refractivity contribution < 1.29 is 14.4 Å². The maximum Gasteiger partial charge on any atom is 0.319 e.